The molecule has 3 aromatic carbocycles. The predicted octanol–water partition coefficient (Wildman–Crippen LogP) is 5.33. The Morgan fingerprint density at radius 3 is 2.27 bits per heavy atom. The number of phenolic OH excluding ortho intramolecular Hbond substituents is 1. The first kappa shape index (κ1) is 17.5. The van der Waals surface area contributed by atoms with Crippen LogP contribution in [-0.4, -0.2) is 11.2 Å². The Morgan fingerprint density at radius 2 is 1.58 bits per heavy atom. The standard InChI is InChI=1S/C22H21NO3/c1-22(2,16-11-13-19(24)14-12-16)17-7-6-8-18(15-17)23-21(25)26-20-9-4-3-5-10-20/h3-15,24H,1-2H3,(H,23,25). The molecule has 1 amide bonds. The Bertz CT molecular complexity index is 887. The summed E-state index contributed by atoms with van der Waals surface area (Å²) in [5.74, 6) is 0.731. The Labute approximate surface area is 153 Å². The maximum atomic E-state index is 12.1. The highest BCUT2D eigenvalue weighted by atomic mass is 16.6. The molecule has 0 aliphatic carbocycles. The van der Waals surface area contributed by atoms with Crippen LogP contribution >= 0.6 is 0 Å². The zero-order valence-electron chi connectivity index (χ0n) is 14.8. The van der Waals surface area contributed by atoms with Gasteiger partial charge in [0.15, 0.2) is 0 Å². The number of hydrogen-bond acceptors (Lipinski definition) is 3. The number of benzene rings is 3. The lowest BCUT2D eigenvalue weighted by molar-refractivity contribution is 0.215. The highest BCUT2D eigenvalue weighted by Crippen LogP contribution is 2.33. The largest absolute Gasteiger partial charge is 0.508 e. The first-order chi connectivity index (χ1) is 12.4. The van der Waals surface area contributed by atoms with E-state index in [-0.39, 0.29) is 11.2 Å². The van der Waals surface area contributed by atoms with Gasteiger partial charge < -0.3 is 9.84 Å². The van der Waals surface area contributed by atoms with E-state index in [1.807, 2.05) is 54.6 Å². The van der Waals surface area contributed by atoms with Crippen molar-refractivity contribution >= 4 is 11.8 Å². The number of carbonyl (C=O) groups excluding carboxylic acids is 1. The van der Waals surface area contributed by atoms with Gasteiger partial charge in [-0.05, 0) is 47.5 Å². The quantitative estimate of drug-likeness (QED) is 0.671. The molecule has 0 spiro atoms. The van der Waals surface area contributed by atoms with Gasteiger partial charge in [0.05, 0.1) is 0 Å². The van der Waals surface area contributed by atoms with Crippen LogP contribution in [0.2, 0.25) is 0 Å². The maximum absolute atomic E-state index is 12.1. The second kappa shape index (κ2) is 7.31. The van der Waals surface area contributed by atoms with Crippen LogP contribution in [0.15, 0.2) is 78.9 Å². The number of phenols is 1. The van der Waals surface area contributed by atoms with Crippen LogP contribution in [0.3, 0.4) is 0 Å². The zero-order chi connectivity index (χ0) is 18.6. The van der Waals surface area contributed by atoms with Gasteiger partial charge in [-0.3, -0.25) is 5.32 Å². The third kappa shape index (κ3) is 4.03. The van der Waals surface area contributed by atoms with Crippen molar-refractivity contribution in [2.45, 2.75) is 19.3 Å². The van der Waals surface area contributed by atoms with Gasteiger partial charge in [-0.1, -0.05) is 56.3 Å². The number of carbonyl (C=O) groups is 1. The van der Waals surface area contributed by atoms with Crippen LogP contribution in [0.25, 0.3) is 0 Å². The van der Waals surface area contributed by atoms with Crippen molar-refractivity contribution in [3.05, 3.63) is 90.0 Å². The molecule has 0 unspecified atom stereocenters. The summed E-state index contributed by atoms with van der Waals surface area (Å²) in [6, 6.07) is 23.8. The molecular formula is C22H21NO3. The molecular weight excluding hydrogens is 326 g/mol. The average Bonchev–Trinajstić information content (AvgIpc) is 2.63. The SMILES string of the molecule is CC(C)(c1ccc(O)cc1)c1cccc(NC(=O)Oc2ccccc2)c1. The molecule has 0 saturated heterocycles. The number of anilines is 1. The third-order valence-electron chi connectivity index (χ3n) is 4.37. The molecule has 0 atom stereocenters. The Morgan fingerprint density at radius 1 is 0.885 bits per heavy atom. The van der Waals surface area contributed by atoms with E-state index < -0.39 is 6.09 Å². The molecule has 3 aromatic rings. The molecule has 0 aliphatic heterocycles. The maximum Gasteiger partial charge on any atom is 0.417 e. The van der Waals surface area contributed by atoms with Crippen LogP contribution < -0.4 is 10.1 Å². The lowest BCUT2D eigenvalue weighted by Gasteiger charge is -2.26. The summed E-state index contributed by atoms with van der Waals surface area (Å²) < 4.78 is 5.26. The molecule has 0 fully saturated rings. The van der Waals surface area contributed by atoms with Crippen molar-refractivity contribution in [2.75, 3.05) is 5.32 Å². The van der Waals surface area contributed by atoms with E-state index in [0.717, 1.165) is 11.1 Å². The van der Waals surface area contributed by atoms with Crippen molar-refractivity contribution in [3.63, 3.8) is 0 Å². The number of para-hydroxylation sites is 1. The minimum Gasteiger partial charge on any atom is -0.508 e. The van der Waals surface area contributed by atoms with Crippen LogP contribution in [0.4, 0.5) is 10.5 Å². The fourth-order valence-corrected chi connectivity index (χ4v) is 2.77. The minimum absolute atomic E-state index is 0.239. The van der Waals surface area contributed by atoms with E-state index in [1.54, 1.807) is 24.3 Å². The van der Waals surface area contributed by atoms with Gasteiger partial charge in [0.2, 0.25) is 0 Å². The molecule has 132 valence electrons. The van der Waals surface area contributed by atoms with Crippen LogP contribution in [0.1, 0.15) is 25.0 Å². The Kier molecular flexibility index (Phi) is 4.94. The van der Waals surface area contributed by atoms with E-state index in [9.17, 15) is 9.90 Å². The van der Waals surface area contributed by atoms with Gasteiger partial charge >= 0.3 is 6.09 Å². The molecule has 0 heterocycles. The predicted molar refractivity (Wildman–Crippen MR) is 103 cm³/mol. The van der Waals surface area contributed by atoms with Crippen LogP contribution in [-0.2, 0) is 5.41 Å². The molecule has 4 nitrogen and oxygen atoms in total. The van der Waals surface area contributed by atoms with E-state index in [2.05, 4.69) is 19.2 Å². The highest BCUT2D eigenvalue weighted by Gasteiger charge is 2.23. The van der Waals surface area contributed by atoms with Crippen molar-refractivity contribution in [1.29, 1.82) is 0 Å². The molecule has 0 bridgehead atoms. The van der Waals surface area contributed by atoms with Gasteiger partial charge in [-0.2, -0.15) is 0 Å². The first-order valence-corrected chi connectivity index (χ1v) is 8.39. The molecule has 4 heteroatoms. The van der Waals surface area contributed by atoms with E-state index in [0.29, 0.717) is 11.4 Å². The smallest absolute Gasteiger partial charge is 0.417 e. The number of nitrogens with one attached hydrogen (secondary N) is 1. The zero-order valence-corrected chi connectivity index (χ0v) is 14.8. The fourth-order valence-electron chi connectivity index (χ4n) is 2.77. The summed E-state index contributed by atoms with van der Waals surface area (Å²) in [6.45, 7) is 4.20. The van der Waals surface area contributed by atoms with E-state index in [1.165, 1.54) is 0 Å². The fraction of sp³-hybridized carbons (Fsp3) is 0.136. The molecule has 2 N–H and O–H groups in total. The lowest BCUT2D eigenvalue weighted by Crippen LogP contribution is -2.20. The van der Waals surface area contributed by atoms with Crippen molar-refractivity contribution in [2.24, 2.45) is 0 Å². The lowest BCUT2D eigenvalue weighted by atomic mass is 9.78. The van der Waals surface area contributed by atoms with Crippen molar-refractivity contribution in [1.82, 2.24) is 0 Å². The normalized spacial score (nSPS) is 11.0. The monoisotopic (exact) mass is 347 g/mol. The summed E-state index contributed by atoms with van der Waals surface area (Å²) in [7, 11) is 0. The minimum atomic E-state index is -0.532. The first-order valence-electron chi connectivity index (χ1n) is 8.39. The number of ether oxygens (including phenoxy) is 1. The summed E-state index contributed by atoms with van der Waals surface area (Å²) in [5, 5.41) is 12.3. The average molecular weight is 347 g/mol. The highest BCUT2D eigenvalue weighted by molar-refractivity contribution is 5.86. The van der Waals surface area contributed by atoms with Gasteiger partial charge in [-0.15, -0.1) is 0 Å². The summed E-state index contributed by atoms with van der Waals surface area (Å²) in [4.78, 5) is 12.1. The van der Waals surface area contributed by atoms with E-state index >= 15 is 0 Å². The molecule has 3 rings (SSSR count). The topological polar surface area (TPSA) is 58.6 Å². The van der Waals surface area contributed by atoms with Gasteiger partial charge in [-0.25, -0.2) is 4.79 Å². The van der Waals surface area contributed by atoms with Gasteiger partial charge in [0.1, 0.15) is 11.5 Å². The van der Waals surface area contributed by atoms with Crippen LogP contribution in [0.5, 0.6) is 11.5 Å². The molecule has 0 saturated carbocycles. The second-order valence-electron chi connectivity index (χ2n) is 6.58. The summed E-state index contributed by atoms with van der Waals surface area (Å²) in [5.41, 5.74) is 2.49. The van der Waals surface area contributed by atoms with Gasteiger partial charge in [0.25, 0.3) is 0 Å². The third-order valence-corrected chi connectivity index (χ3v) is 4.37. The molecule has 0 aromatic heterocycles. The molecule has 0 aliphatic rings. The van der Waals surface area contributed by atoms with Crippen molar-refractivity contribution < 1.29 is 14.6 Å². The summed E-state index contributed by atoms with van der Waals surface area (Å²) in [6.07, 6.45) is -0.532. The number of amides is 1. The Balaban J connectivity index is 1.77. The number of aromatic hydroxyl groups is 1. The number of rotatable bonds is 4. The van der Waals surface area contributed by atoms with Crippen LogP contribution in [0, 0.1) is 0 Å². The summed E-state index contributed by atoms with van der Waals surface area (Å²) >= 11 is 0. The number of hydrogen-bond donors (Lipinski definition) is 2. The second-order valence-corrected chi connectivity index (χ2v) is 6.58. The van der Waals surface area contributed by atoms with Crippen molar-refractivity contribution in [3.8, 4) is 11.5 Å². The molecule has 26 heavy (non-hydrogen) atoms. The van der Waals surface area contributed by atoms with Gasteiger partial charge in [0, 0.05) is 11.1 Å². The Hall–Kier alpha value is -3.27. The van der Waals surface area contributed by atoms with E-state index in [4.69, 9.17) is 4.74 Å². The molecule has 0 radical (unpaired) electrons.